The van der Waals surface area contributed by atoms with Gasteiger partial charge in [-0.25, -0.2) is 4.98 Å². The van der Waals surface area contributed by atoms with E-state index in [1.807, 2.05) is 37.0 Å². The molecule has 1 unspecified atom stereocenters. The predicted octanol–water partition coefficient (Wildman–Crippen LogP) is 3.17. The van der Waals surface area contributed by atoms with Gasteiger partial charge < -0.3 is 4.74 Å². The maximum absolute atomic E-state index is 13.4. The van der Waals surface area contributed by atoms with Gasteiger partial charge in [0.1, 0.15) is 0 Å². The van der Waals surface area contributed by atoms with Crippen LogP contribution in [0.25, 0.3) is 11.3 Å². The fourth-order valence-corrected chi connectivity index (χ4v) is 5.10. The highest BCUT2D eigenvalue weighted by Gasteiger charge is 2.30. The van der Waals surface area contributed by atoms with Crippen LogP contribution in [0, 0.1) is 6.92 Å². The molecule has 4 heterocycles. The van der Waals surface area contributed by atoms with E-state index in [9.17, 15) is 4.79 Å². The Morgan fingerprint density at radius 3 is 3.00 bits per heavy atom. The Morgan fingerprint density at radius 2 is 2.24 bits per heavy atom. The van der Waals surface area contributed by atoms with Crippen molar-refractivity contribution in [3.05, 3.63) is 46.4 Å². The minimum Gasteiger partial charge on any atom is -0.376 e. The SMILES string of the molecule is Cc1ccc(C(=O)N(CC2CCCO2)c2nc3c(s2)CCc2c-3cnn2C)cn1. The normalized spacial score (nSPS) is 17.8. The third kappa shape index (κ3) is 3.36. The summed E-state index contributed by atoms with van der Waals surface area (Å²) in [6.07, 6.45) is 7.45. The summed E-state index contributed by atoms with van der Waals surface area (Å²) in [7, 11) is 1.97. The molecule has 0 saturated carbocycles. The molecule has 0 N–H and O–H groups in total. The van der Waals surface area contributed by atoms with E-state index < -0.39 is 0 Å². The molecule has 7 nitrogen and oxygen atoms in total. The van der Waals surface area contributed by atoms with Crippen LogP contribution in [0.4, 0.5) is 5.13 Å². The molecule has 2 aliphatic rings. The molecular formula is C21H23N5O2S. The molecule has 8 heteroatoms. The number of aromatic nitrogens is 4. The second-order valence-electron chi connectivity index (χ2n) is 7.64. The molecular weight excluding hydrogens is 386 g/mol. The van der Waals surface area contributed by atoms with Crippen LogP contribution in [0.3, 0.4) is 0 Å². The third-order valence-electron chi connectivity index (χ3n) is 5.64. The quantitative estimate of drug-likeness (QED) is 0.662. The van der Waals surface area contributed by atoms with Gasteiger partial charge in [0, 0.05) is 41.7 Å². The standard InChI is InChI=1S/C21H23N5O2S/c1-13-5-6-14(10-22-13)20(27)26(12-15-4-3-9-28-15)21-24-19-16-11-23-25(2)17(16)7-8-18(19)29-21/h5-6,10-11,15H,3-4,7-9,12H2,1-2H3. The Labute approximate surface area is 173 Å². The summed E-state index contributed by atoms with van der Waals surface area (Å²) in [4.78, 5) is 25.6. The van der Waals surface area contributed by atoms with Crippen LogP contribution in [0.15, 0.2) is 24.5 Å². The van der Waals surface area contributed by atoms with Crippen molar-refractivity contribution < 1.29 is 9.53 Å². The number of nitrogens with zero attached hydrogens (tertiary/aromatic N) is 5. The number of carbonyl (C=O) groups is 1. The molecule has 1 aliphatic heterocycles. The van der Waals surface area contributed by atoms with E-state index in [1.54, 1.807) is 22.4 Å². The molecule has 29 heavy (non-hydrogen) atoms. The number of hydrogen-bond acceptors (Lipinski definition) is 6. The Morgan fingerprint density at radius 1 is 1.34 bits per heavy atom. The van der Waals surface area contributed by atoms with Crippen molar-refractivity contribution in [1.82, 2.24) is 19.7 Å². The molecule has 3 aromatic rings. The second-order valence-corrected chi connectivity index (χ2v) is 8.70. The van der Waals surface area contributed by atoms with Gasteiger partial charge in [0.15, 0.2) is 5.13 Å². The lowest BCUT2D eigenvalue weighted by atomic mass is 10.0. The number of pyridine rings is 1. The van der Waals surface area contributed by atoms with Crippen LogP contribution >= 0.6 is 11.3 Å². The average molecular weight is 410 g/mol. The summed E-state index contributed by atoms with van der Waals surface area (Å²) in [6.45, 7) is 3.18. The van der Waals surface area contributed by atoms with Gasteiger partial charge in [0.05, 0.1) is 30.1 Å². The highest BCUT2D eigenvalue weighted by molar-refractivity contribution is 7.16. The minimum atomic E-state index is -0.0782. The van der Waals surface area contributed by atoms with E-state index in [2.05, 4.69) is 10.1 Å². The van der Waals surface area contributed by atoms with Crippen molar-refractivity contribution in [2.24, 2.45) is 7.05 Å². The number of thiazole rings is 1. The number of ether oxygens (including phenoxy) is 1. The Bertz CT molecular complexity index is 1050. The zero-order chi connectivity index (χ0) is 20.0. The number of carbonyl (C=O) groups excluding carboxylic acids is 1. The van der Waals surface area contributed by atoms with Crippen molar-refractivity contribution in [1.29, 1.82) is 0 Å². The molecule has 0 bridgehead atoms. The van der Waals surface area contributed by atoms with Gasteiger partial charge in [-0.2, -0.15) is 5.10 Å². The molecule has 1 aliphatic carbocycles. The monoisotopic (exact) mass is 409 g/mol. The van der Waals surface area contributed by atoms with E-state index in [1.165, 1.54) is 10.6 Å². The first-order chi connectivity index (χ1) is 14.1. The molecule has 150 valence electrons. The van der Waals surface area contributed by atoms with Gasteiger partial charge in [0.25, 0.3) is 5.91 Å². The topological polar surface area (TPSA) is 73.1 Å². The lowest BCUT2D eigenvalue weighted by molar-refractivity contribution is 0.0917. The van der Waals surface area contributed by atoms with E-state index in [0.717, 1.165) is 54.4 Å². The highest BCUT2D eigenvalue weighted by atomic mass is 32.1. The first-order valence-electron chi connectivity index (χ1n) is 9.97. The molecule has 0 spiro atoms. The summed E-state index contributed by atoms with van der Waals surface area (Å²) in [5, 5.41) is 5.13. The maximum atomic E-state index is 13.4. The van der Waals surface area contributed by atoms with Crippen molar-refractivity contribution >= 4 is 22.4 Å². The van der Waals surface area contributed by atoms with E-state index >= 15 is 0 Å². The number of aryl methyl sites for hydroxylation is 3. The lowest BCUT2D eigenvalue weighted by Crippen LogP contribution is -2.37. The van der Waals surface area contributed by atoms with Crippen molar-refractivity contribution in [3.8, 4) is 11.3 Å². The summed E-state index contributed by atoms with van der Waals surface area (Å²) in [5.74, 6) is -0.0782. The highest BCUT2D eigenvalue weighted by Crippen LogP contribution is 2.39. The maximum Gasteiger partial charge on any atom is 0.261 e. The summed E-state index contributed by atoms with van der Waals surface area (Å²) >= 11 is 1.61. The summed E-state index contributed by atoms with van der Waals surface area (Å²) in [6, 6.07) is 3.70. The Balaban J connectivity index is 1.52. The number of fused-ring (bicyclic) bond motifs is 3. The average Bonchev–Trinajstić information content (AvgIpc) is 3.46. The third-order valence-corrected chi connectivity index (χ3v) is 6.77. The Kier molecular flexibility index (Phi) is 4.67. The molecule has 1 atom stereocenters. The van der Waals surface area contributed by atoms with Gasteiger partial charge in [-0.3, -0.25) is 19.4 Å². The lowest BCUT2D eigenvalue weighted by Gasteiger charge is -2.23. The largest absolute Gasteiger partial charge is 0.376 e. The van der Waals surface area contributed by atoms with Gasteiger partial charge in [-0.15, -0.1) is 11.3 Å². The van der Waals surface area contributed by atoms with E-state index in [0.29, 0.717) is 12.1 Å². The smallest absolute Gasteiger partial charge is 0.261 e. The summed E-state index contributed by atoms with van der Waals surface area (Å²) in [5.41, 5.74) is 4.71. The van der Waals surface area contributed by atoms with Crippen LogP contribution in [0.1, 0.15) is 39.5 Å². The second kappa shape index (κ2) is 7.35. The van der Waals surface area contributed by atoms with Crippen LogP contribution in [0.2, 0.25) is 0 Å². The van der Waals surface area contributed by atoms with Crippen LogP contribution in [-0.2, 0) is 24.6 Å². The van der Waals surface area contributed by atoms with Gasteiger partial charge in [0.2, 0.25) is 0 Å². The van der Waals surface area contributed by atoms with Gasteiger partial charge >= 0.3 is 0 Å². The van der Waals surface area contributed by atoms with Crippen molar-refractivity contribution in [2.45, 2.75) is 38.7 Å². The molecule has 1 saturated heterocycles. The Hall–Kier alpha value is -2.58. The van der Waals surface area contributed by atoms with E-state index in [-0.39, 0.29) is 12.0 Å². The zero-order valence-corrected chi connectivity index (χ0v) is 17.4. The zero-order valence-electron chi connectivity index (χ0n) is 16.6. The number of anilines is 1. The number of rotatable bonds is 4. The summed E-state index contributed by atoms with van der Waals surface area (Å²) < 4.78 is 7.75. The first-order valence-corrected chi connectivity index (χ1v) is 10.8. The number of amides is 1. The molecule has 1 amide bonds. The van der Waals surface area contributed by atoms with Crippen LogP contribution in [0.5, 0.6) is 0 Å². The fourth-order valence-electron chi connectivity index (χ4n) is 4.01. The van der Waals surface area contributed by atoms with Crippen molar-refractivity contribution in [3.63, 3.8) is 0 Å². The van der Waals surface area contributed by atoms with E-state index in [4.69, 9.17) is 9.72 Å². The van der Waals surface area contributed by atoms with Gasteiger partial charge in [-0.1, -0.05) is 0 Å². The van der Waals surface area contributed by atoms with Crippen LogP contribution < -0.4 is 4.90 Å². The number of hydrogen-bond donors (Lipinski definition) is 0. The molecule has 3 aromatic heterocycles. The van der Waals surface area contributed by atoms with Crippen molar-refractivity contribution in [2.75, 3.05) is 18.1 Å². The first kappa shape index (κ1) is 18.4. The molecule has 1 fully saturated rings. The fraction of sp³-hybridized carbons (Fsp3) is 0.429. The molecule has 5 rings (SSSR count). The molecule has 0 radical (unpaired) electrons. The van der Waals surface area contributed by atoms with Crippen LogP contribution in [-0.4, -0.2) is 44.9 Å². The predicted molar refractivity (Wildman–Crippen MR) is 111 cm³/mol. The van der Waals surface area contributed by atoms with Gasteiger partial charge in [-0.05, 0) is 44.7 Å². The molecule has 0 aromatic carbocycles. The minimum absolute atomic E-state index is 0.0484.